The summed E-state index contributed by atoms with van der Waals surface area (Å²) in [7, 11) is 1.39. The van der Waals surface area contributed by atoms with Crippen molar-refractivity contribution in [2.24, 2.45) is 0 Å². The Kier molecular flexibility index (Phi) is 10.2. The molecule has 0 saturated carbocycles. The lowest BCUT2D eigenvalue weighted by Gasteiger charge is -2.23. The smallest absolute Gasteiger partial charge is 0.305 e. The highest BCUT2D eigenvalue weighted by Crippen LogP contribution is 2.19. The van der Waals surface area contributed by atoms with E-state index in [9.17, 15) is 9.59 Å². The number of likely N-dealkylation sites (tertiary alicyclic amines) is 1. The molecule has 1 aliphatic rings. The van der Waals surface area contributed by atoms with Crippen molar-refractivity contribution in [1.29, 1.82) is 0 Å². The molecule has 1 fully saturated rings. The second-order valence-corrected chi connectivity index (χ2v) is 7.31. The molecular weight excluding hydrogens is 388 g/mol. The second-order valence-electron chi connectivity index (χ2n) is 6.94. The number of allylic oxidation sites excluding steroid dienone is 1. The molecule has 6 nitrogen and oxygen atoms in total. The lowest BCUT2D eigenvalue weighted by atomic mass is 10.1. The van der Waals surface area contributed by atoms with Gasteiger partial charge in [0, 0.05) is 25.9 Å². The standard InChI is InChI=1S/C22H30N2O4S/c1-27-21(26)11-7-2-3-8-16-24-19(12-13-20(24)25)17-28-22(29)23-15-14-18-9-5-4-6-10-18/h3-6,8-10,19H,2,7,11-17H2,1H3,(H,23,29)/t19-/m1/s1. The summed E-state index contributed by atoms with van der Waals surface area (Å²) in [6, 6.07) is 10.2. The number of carbonyl (C=O) groups is 2. The molecular formula is C22H30N2O4S. The topological polar surface area (TPSA) is 67.9 Å². The number of unbranched alkanes of at least 4 members (excludes halogenated alkanes) is 1. The first-order valence-electron chi connectivity index (χ1n) is 10.1. The number of methoxy groups -OCH3 is 1. The van der Waals surface area contributed by atoms with E-state index in [1.807, 2.05) is 35.3 Å². The van der Waals surface area contributed by atoms with Gasteiger partial charge >= 0.3 is 5.97 Å². The first-order chi connectivity index (χ1) is 14.1. The summed E-state index contributed by atoms with van der Waals surface area (Å²) in [6.07, 6.45) is 8.11. The summed E-state index contributed by atoms with van der Waals surface area (Å²) >= 11 is 5.25. The zero-order chi connectivity index (χ0) is 20.9. The number of esters is 1. The zero-order valence-electron chi connectivity index (χ0n) is 17.0. The number of hydrogen-bond donors (Lipinski definition) is 1. The molecule has 0 aliphatic carbocycles. The summed E-state index contributed by atoms with van der Waals surface area (Å²) in [6.45, 7) is 1.67. The van der Waals surface area contributed by atoms with E-state index in [0.29, 0.717) is 37.7 Å². The number of nitrogens with zero attached hydrogens (tertiary/aromatic N) is 1. The summed E-state index contributed by atoms with van der Waals surface area (Å²) in [5.41, 5.74) is 1.24. The fourth-order valence-electron chi connectivity index (χ4n) is 3.17. The highest BCUT2D eigenvalue weighted by molar-refractivity contribution is 7.80. The highest BCUT2D eigenvalue weighted by atomic mass is 32.1. The largest absolute Gasteiger partial charge is 0.469 e. The fraction of sp³-hybridized carbons (Fsp3) is 0.500. The number of hydrogen-bond acceptors (Lipinski definition) is 5. The van der Waals surface area contributed by atoms with Crippen LogP contribution >= 0.6 is 12.2 Å². The number of nitrogens with one attached hydrogen (secondary N) is 1. The molecule has 1 saturated heterocycles. The van der Waals surface area contributed by atoms with Crippen molar-refractivity contribution in [3.05, 3.63) is 48.0 Å². The van der Waals surface area contributed by atoms with Gasteiger partial charge in [0.15, 0.2) is 0 Å². The molecule has 1 aromatic carbocycles. The van der Waals surface area contributed by atoms with E-state index in [4.69, 9.17) is 17.0 Å². The van der Waals surface area contributed by atoms with Crippen molar-refractivity contribution in [3.8, 4) is 0 Å². The van der Waals surface area contributed by atoms with E-state index in [0.717, 1.165) is 25.7 Å². The van der Waals surface area contributed by atoms with Gasteiger partial charge in [-0.2, -0.15) is 0 Å². The van der Waals surface area contributed by atoms with Crippen LogP contribution in [0.5, 0.6) is 0 Å². The van der Waals surface area contributed by atoms with Gasteiger partial charge in [0.2, 0.25) is 5.91 Å². The maximum atomic E-state index is 12.1. The Hall–Kier alpha value is -2.41. The van der Waals surface area contributed by atoms with E-state index in [-0.39, 0.29) is 17.9 Å². The van der Waals surface area contributed by atoms with Crippen LogP contribution in [0, 0.1) is 0 Å². The minimum Gasteiger partial charge on any atom is -0.469 e. The Bertz CT molecular complexity index is 693. The van der Waals surface area contributed by atoms with Gasteiger partial charge in [-0.15, -0.1) is 0 Å². The maximum Gasteiger partial charge on any atom is 0.305 e. The van der Waals surface area contributed by atoms with Gasteiger partial charge in [-0.25, -0.2) is 0 Å². The summed E-state index contributed by atoms with van der Waals surface area (Å²) in [5.74, 6) is -0.0561. The average Bonchev–Trinajstić information content (AvgIpc) is 3.09. The van der Waals surface area contributed by atoms with Gasteiger partial charge in [0.25, 0.3) is 5.17 Å². The first kappa shape index (κ1) is 22.9. The van der Waals surface area contributed by atoms with Crippen LogP contribution in [0.3, 0.4) is 0 Å². The van der Waals surface area contributed by atoms with Gasteiger partial charge < -0.3 is 19.7 Å². The number of rotatable bonds is 11. The van der Waals surface area contributed by atoms with Crippen molar-refractivity contribution >= 4 is 29.3 Å². The molecule has 1 aromatic rings. The normalized spacial score (nSPS) is 16.2. The molecule has 1 amide bonds. The molecule has 29 heavy (non-hydrogen) atoms. The molecule has 2 rings (SSSR count). The average molecular weight is 419 g/mol. The third-order valence-corrected chi connectivity index (χ3v) is 5.10. The third kappa shape index (κ3) is 8.64. The van der Waals surface area contributed by atoms with Crippen molar-refractivity contribution in [3.63, 3.8) is 0 Å². The van der Waals surface area contributed by atoms with E-state index < -0.39 is 0 Å². The maximum absolute atomic E-state index is 12.1. The lowest BCUT2D eigenvalue weighted by Crippen LogP contribution is -2.38. The summed E-state index contributed by atoms with van der Waals surface area (Å²) in [4.78, 5) is 25.0. The Labute approximate surface area is 178 Å². The monoisotopic (exact) mass is 418 g/mol. The van der Waals surface area contributed by atoms with Gasteiger partial charge in [-0.1, -0.05) is 42.5 Å². The van der Waals surface area contributed by atoms with Crippen LogP contribution in [-0.4, -0.2) is 54.8 Å². The van der Waals surface area contributed by atoms with Crippen molar-refractivity contribution in [2.75, 3.05) is 26.8 Å². The van der Waals surface area contributed by atoms with Crippen molar-refractivity contribution < 1.29 is 19.1 Å². The van der Waals surface area contributed by atoms with E-state index in [1.165, 1.54) is 12.7 Å². The fourth-order valence-corrected chi connectivity index (χ4v) is 3.34. The molecule has 1 heterocycles. The van der Waals surface area contributed by atoms with Gasteiger partial charge in [0.1, 0.15) is 6.61 Å². The van der Waals surface area contributed by atoms with Gasteiger partial charge in [-0.3, -0.25) is 9.59 Å². The van der Waals surface area contributed by atoms with Crippen molar-refractivity contribution in [1.82, 2.24) is 10.2 Å². The molecule has 0 bridgehead atoms. The minimum atomic E-state index is -0.196. The molecule has 158 valence electrons. The lowest BCUT2D eigenvalue weighted by molar-refractivity contribution is -0.140. The highest BCUT2D eigenvalue weighted by Gasteiger charge is 2.30. The predicted molar refractivity (Wildman–Crippen MR) is 116 cm³/mol. The molecule has 0 unspecified atom stereocenters. The number of carbonyl (C=O) groups excluding carboxylic acids is 2. The van der Waals surface area contributed by atoms with E-state index in [1.54, 1.807) is 0 Å². The molecule has 1 N–H and O–H groups in total. The van der Waals surface area contributed by atoms with Crippen LogP contribution < -0.4 is 5.32 Å². The van der Waals surface area contributed by atoms with Crippen LogP contribution in [0.25, 0.3) is 0 Å². The number of amides is 1. The number of ether oxygens (including phenoxy) is 2. The zero-order valence-corrected chi connectivity index (χ0v) is 17.8. The van der Waals surface area contributed by atoms with Crippen molar-refractivity contribution in [2.45, 2.75) is 44.6 Å². The Morgan fingerprint density at radius 1 is 1.31 bits per heavy atom. The van der Waals surface area contributed by atoms with Gasteiger partial charge in [-0.05, 0) is 43.5 Å². The van der Waals surface area contributed by atoms with Crippen LogP contribution in [0.2, 0.25) is 0 Å². The minimum absolute atomic E-state index is 0.0380. The Morgan fingerprint density at radius 3 is 2.86 bits per heavy atom. The second kappa shape index (κ2) is 12.9. The van der Waals surface area contributed by atoms with Gasteiger partial charge in [0.05, 0.1) is 13.2 Å². The summed E-state index contributed by atoms with van der Waals surface area (Å²) < 4.78 is 10.3. The number of benzene rings is 1. The van der Waals surface area contributed by atoms with Crippen LogP contribution in [-0.2, 0) is 25.5 Å². The molecule has 0 aromatic heterocycles. The molecule has 1 aliphatic heterocycles. The first-order valence-corrected chi connectivity index (χ1v) is 10.5. The van der Waals surface area contributed by atoms with E-state index >= 15 is 0 Å². The molecule has 0 radical (unpaired) electrons. The predicted octanol–water partition coefficient (Wildman–Crippen LogP) is 3.01. The summed E-state index contributed by atoms with van der Waals surface area (Å²) in [5, 5.41) is 3.49. The third-order valence-electron chi connectivity index (χ3n) is 4.83. The number of thiocarbonyl (C=S) groups is 1. The van der Waals surface area contributed by atoms with Crippen LogP contribution in [0.4, 0.5) is 0 Å². The molecule has 1 atom stereocenters. The Morgan fingerprint density at radius 2 is 2.10 bits per heavy atom. The van der Waals surface area contributed by atoms with Crippen LogP contribution in [0.15, 0.2) is 42.5 Å². The van der Waals surface area contributed by atoms with E-state index in [2.05, 4.69) is 22.2 Å². The quantitative estimate of drug-likeness (QED) is 0.258. The Balaban J connectivity index is 1.64. The van der Waals surface area contributed by atoms with Crippen LogP contribution in [0.1, 0.15) is 37.7 Å². The molecule has 7 heteroatoms. The SMILES string of the molecule is COC(=O)CCCC=CCN1C(=O)CC[C@@H]1COC(=S)NCCc1ccccc1. The molecule has 0 spiro atoms.